The minimum atomic E-state index is -0.628. The van der Waals surface area contributed by atoms with Gasteiger partial charge in [0.1, 0.15) is 5.75 Å². The van der Waals surface area contributed by atoms with Gasteiger partial charge >= 0.3 is 5.97 Å². The average Bonchev–Trinajstić information content (AvgIpc) is 3.22. The highest BCUT2D eigenvalue weighted by Gasteiger charge is 2.50. The number of fused-ring (bicyclic) bond motifs is 2. The Bertz CT molecular complexity index is 557. The van der Waals surface area contributed by atoms with Gasteiger partial charge in [-0.15, -0.1) is 0 Å². The van der Waals surface area contributed by atoms with Gasteiger partial charge in [0.25, 0.3) is 0 Å². The maximum atomic E-state index is 11.6. The van der Waals surface area contributed by atoms with Gasteiger partial charge in [-0.1, -0.05) is 38.3 Å². The third kappa shape index (κ3) is 4.55. The minimum absolute atomic E-state index is 0.130. The smallest absolute Gasteiger partial charge is 0.308 e. The van der Waals surface area contributed by atoms with Crippen molar-refractivity contribution in [3.8, 4) is 5.75 Å². The largest absolute Gasteiger partial charge is 0.494 e. The topological polar surface area (TPSA) is 58.6 Å². The molecule has 4 heteroatoms. The zero-order valence-electron chi connectivity index (χ0n) is 15.2. The second-order valence-electron chi connectivity index (χ2n) is 7.66. The zero-order valence-corrected chi connectivity index (χ0v) is 15.2. The molecule has 0 amide bonds. The van der Waals surface area contributed by atoms with Gasteiger partial charge in [0.15, 0.2) is 0 Å². The molecule has 1 aromatic carbocycles. The van der Waals surface area contributed by atoms with Crippen LogP contribution >= 0.6 is 0 Å². The molecule has 2 bridgehead atoms. The molecule has 0 saturated heterocycles. The molecule has 2 fully saturated rings. The van der Waals surface area contributed by atoms with Crippen LogP contribution in [0.4, 0.5) is 0 Å². The highest BCUT2D eigenvalue weighted by atomic mass is 16.5. The Balaban J connectivity index is 1.45. The Morgan fingerprint density at radius 3 is 2.64 bits per heavy atom. The standard InChI is InChI=1S/C21H31NO3/c1-2-3-4-5-12-25-18-10-6-15(7-11-18)14-22-20-17-9-8-16(13-17)19(20)21(23)24/h6-7,10-11,16-17,19-20,22H,2-5,8-9,12-14H2,1H3,(H,23,24)/t16?,17?,19-,20+/m1/s1. The Labute approximate surface area is 151 Å². The van der Waals surface area contributed by atoms with Crippen molar-refractivity contribution in [1.82, 2.24) is 5.32 Å². The summed E-state index contributed by atoms with van der Waals surface area (Å²) in [5, 5.41) is 13.0. The van der Waals surface area contributed by atoms with Crippen LogP contribution in [0.25, 0.3) is 0 Å². The highest BCUT2D eigenvalue weighted by Crippen LogP contribution is 2.48. The number of benzene rings is 1. The molecule has 2 unspecified atom stereocenters. The molecule has 3 rings (SSSR count). The molecule has 138 valence electrons. The molecule has 2 saturated carbocycles. The average molecular weight is 345 g/mol. The lowest BCUT2D eigenvalue weighted by Gasteiger charge is -2.29. The molecule has 25 heavy (non-hydrogen) atoms. The van der Waals surface area contributed by atoms with Crippen molar-refractivity contribution >= 4 is 5.97 Å². The molecule has 4 atom stereocenters. The van der Waals surface area contributed by atoms with E-state index in [-0.39, 0.29) is 12.0 Å². The SMILES string of the molecule is CCCCCCOc1ccc(CN[C@H]2C3CCC(C3)[C@H]2C(=O)O)cc1. The Hall–Kier alpha value is -1.55. The van der Waals surface area contributed by atoms with Crippen LogP contribution in [-0.4, -0.2) is 23.7 Å². The van der Waals surface area contributed by atoms with Crippen molar-refractivity contribution < 1.29 is 14.6 Å². The number of aliphatic carboxylic acids is 1. The van der Waals surface area contributed by atoms with Gasteiger partial charge < -0.3 is 15.2 Å². The first-order valence-corrected chi connectivity index (χ1v) is 9.87. The van der Waals surface area contributed by atoms with E-state index in [1.54, 1.807) is 0 Å². The molecule has 2 aliphatic rings. The summed E-state index contributed by atoms with van der Waals surface area (Å²) >= 11 is 0. The molecule has 4 nitrogen and oxygen atoms in total. The quantitative estimate of drug-likeness (QED) is 0.623. The second kappa shape index (κ2) is 8.70. The maximum absolute atomic E-state index is 11.6. The van der Waals surface area contributed by atoms with Crippen LogP contribution in [0.5, 0.6) is 5.75 Å². The first-order valence-electron chi connectivity index (χ1n) is 9.87. The fourth-order valence-electron chi connectivity index (χ4n) is 4.60. The third-order valence-electron chi connectivity index (χ3n) is 5.93. The van der Waals surface area contributed by atoms with Crippen molar-refractivity contribution in [2.24, 2.45) is 17.8 Å². The number of carbonyl (C=O) groups is 1. The number of hydrogen-bond acceptors (Lipinski definition) is 3. The maximum Gasteiger partial charge on any atom is 0.308 e. The summed E-state index contributed by atoms with van der Waals surface area (Å²) in [6.45, 7) is 3.72. The predicted octanol–water partition coefficient (Wildman–Crippen LogP) is 4.23. The monoisotopic (exact) mass is 345 g/mol. The van der Waals surface area contributed by atoms with E-state index in [1.807, 2.05) is 12.1 Å². The molecule has 1 aromatic rings. The number of hydrogen-bond donors (Lipinski definition) is 2. The van der Waals surface area contributed by atoms with Crippen LogP contribution < -0.4 is 10.1 Å². The number of rotatable bonds is 10. The van der Waals surface area contributed by atoms with Crippen molar-refractivity contribution in [3.63, 3.8) is 0 Å². The highest BCUT2D eigenvalue weighted by molar-refractivity contribution is 5.72. The fourth-order valence-corrected chi connectivity index (χ4v) is 4.60. The number of unbranched alkanes of at least 4 members (excludes halogenated alkanes) is 3. The summed E-state index contributed by atoms with van der Waals surface area (Å²) < 4.78 is 5.78. The summed E-state index contributed by atoms with van der Waals surface area (Å²) in [6, 6.07) is 8.33. The van der Waals surface area contributed by atoms with Gasteiger partial charge in [-0.3, -0.25) is 4.79 Å². The van der Waals surface area contributed by atoms with Gasteiger partial charge in [0, 0.05) is 12.6 Å². The van der Waals surface area contributed by atoms with Crippen molar-refractivity contribution in [1.29, 1.82) is 0 Å². The van der Waals surface area contributed by atoms with Crippen molar-refractivity contribution in [2.75, 3.05) is 6.61 Å². The summed E-state index contributed by atoms with van der Waals surface area (Å²) in [7, 11) is 0. The summed E-state index contributed by atoms with van der Waals surface area (Å²) in [4.78, 5) is 11.6. The Morgan fingerprint density at radius 1 is 1.16 bits per heavy atom. The number of carboxylic acids is 1. The molecular formula is C21H31NO3. The van der Waals surface area contributed by atoms with Gasteiger partial charge in [-0.05, 0) is 55.2 Å². The summed E-state index contributed by atoms with van der Waals surface area (Å²) in [5.74, 6) is 1.00. The zero-order chi connectivity index (χ0) is 17.6. The first kappa shape index (κ1) is 18.2. The molecule has 0 heterocycles. The minimum Gasteiger partial charge on any atom is -0.494 e. The number of carboxylic acid groups (broad SMARTS) is 1. The van der Waals surface area contributed by atoms with E-state index < -0.39 is 5.97 Å². The fraction of sp³-hybridized carbons (Fsp3) is 0.667. The lowest BCUT2D eigenvalue weighted by molar-refractivity contribution is -0.144. The van der Waals surface area contributed by atoms with Crippen LogP contribution in [0.1, 0.15) is 57.4 Å². The van der Waals surface area contributed by atoms with Crippen LogP contribution in [0.15, 0.2) is 24.3 Å². The molecule has 0 aliphatic heterocycles. The van der Waals surface area contributed by atoms with Crippen LogP contribution in [0.3, 0.4) is 0 Å². The van der Waals surface area contributed by atoms with Gasteiger partial charge in [-0.2, -0.15) is 0 Å². The van der Waals surface area contributed by atoms with Crippen LogP contribution in [0, 0.1) is 17.8 Å². The lowest BCUT2D eigenvalue weighted by atomic mass is 9.84. The summed E-state index contributed by atoms with van der Waals surface area (Å²) in [6.07, 6.45) is 8.20. The van der Waals surface area contributed by atoms with E-state index in [9.17, 15) is 9.90 Å². The van der Waals surface area contributed by atoms with E-state index in [0.29, 0.717) is 11.8 Å². The molecule has 0 radical (unpaired) electrons. The number of ether oxygens (including phenoxy) is 1. The first-order chi connectivity index (χ1) is 12.2. The molecule has 2 aliphatic carbocycles. The molecule has 0 aromatic heterocycles. The van der Waals surface area contributed by atoms with E-state index in [2.05, 4.69) is 24.4 Å². The van der Waals surface area contributed by atoms with Gasteiger partial charge in [0.2, 0.25) is 0 Å². The second-order valence-corrected chi connectivity index (χ2v) is 7.66. The Kier molecular flexibility index (Phi) is 6.35. The predicted molar refractivity (Wildman–Crippen MR) is 98.7 cm³/mol. The van der Waals surface area contributed by atoms with Crippen LogP contribution in [0.2, 0.25) is 0 Å². The van der Waals surface area contributed by atoms with Crippen molar-refractivity contribution in [3.05, 3.63) is 29.8 Å². The van der Waals surface area contributed by atoms with E-state index in [4.69, 9.17) is 4.74 Å². The molecule has 0 spiro atoms. The molecular weight excluding hydrogens is 314 g/mol. The number of nitrogens with one attached hydrogen (secondary N) is 1. The normalized spacial score (nSPS) is 27.6. The Morgan fingerprint density at radius 2 is 1.92 bits per heavy atom. The van der Waals surface area contributed by atoms with Gasteiger partial charge in [0.05, 0.1) is 12.5 Å². The lowest BCUT2D eigenvalue weighted by Crippen LogP contribution is -2.43. The van der Waals surface area contributed by atoms with Crippen molar-refractivity contribution in [2.45, 2.75) is 64.5 Å². The molecule has 2 N–H and O–H groups in total. The van der Waals surface area contributed by atoms with Gasteiger partial charge in [-0.25, -0.2) is 0 Å². The van der Waals surface area contributed by atoms with Crippen LogP contribution in [-0.2, 0) is 11.3 Å². The summed E-state index contributed by atoms with van der Waals surface area (Å²) in [5.41, 5.74) is 1.19. The van der Waals surface area contributed by atoms with E-state index >= 15 is 0 Å². The van der Waals surface area contributed by atoms with E-state index in [0.717, 1.165) is 38.2 Å². The third-order valence-corrected chi connectivity index (χ3v) is 5.93. The van der Waals surface area contributed by atoms with E-state index in [1.165, 1.54) is 31.2 Å².